The molecule has 0 aromatic carbocycles. The molecule has 2 amide bonds. The molecular weight excluding hydrogens is 248 g/mol. The maximum atomic E-state index is 11.4. The minimum atomic E-state index is -0.167. The summed E-state index contributed by atoms with van der Waals surface area (Å²) in [6.07, 6.45) is 0. The van der Waals surface area contributed by atoms with Gasteiger partial charge in [0, 0.05) is 20.0 Å². The molecular formula is C9H17BrN2O2. The molecule has 0 saturated carbocycles. The van der Waals surface area contributed by atoms with Crippen LogP contribution in [-0.4, -0.2) is 29.7 Å². The summed E-state index contributed by atoms with van der Waals surface area (Å²) in [5, 5.41) is 5.32. The molecule has 4 nitrogen and oxygen atoms in total. The zero-order chi connectivity index (χ0) is 11.1. The first-order valence-corrected chi connectivity index (χ1v) is 5.53. The molecule has 0 aliphatic carbocycles. The van der Waals surface area contributed by atoms with Crippen LogP contribution in [0.3, 0.4) is 0 Å². The minimum Gasteiger partial charge on any atom is -0.355 e. The molecule has 0 spiro atoms. The van der Waals surface area contributed by atoms with Crippen LogP contribution in [0.5, 0.6) is 0 Å². The zero-order valence-corrected chi connectivity index (χ0v) is 10.3. The van der Waals surface area contributed by atoms with E-state index in [0.717, 1.165) is 0 Å². The summed E-state index contributed by atoms with van der Waals surface area (Å²) in [5.74, 6) is 0.139. The van der Waals surface area contributed by atoms with E-state index in [2.05, 4.69) is 26.6 Å². The molecule has 0 aliphatic rings. The number of hydrogen-bond acceptors (Lipinski definition) is 2. The maximum absolute atomic E-state index is 11.4. The number of nitrogens with one attached hydrogen (secondary N) is 2. The molecule has 0 bridgehead atoms. The molecule has 5 heteroatoms. The van der Waals surface area contributed by atoms with Crippen molar-refractivity contribution in [1.82, 2.24) is 10.6 Å². The maximum Gasteiger partial charge on any atom is 0.234 e. The van der Waals surface area contributed by atoms with E-state index in [-0.39, 0.29) is 22.6 Å². The van der Waals surface area contributed by atoms with Gasteiger partial charge in [-0.3, -0.25) is 9.59 Å². The van der Waals surface area contributed by atoms with Gasteiger partial charge in [-0.1, -0.05) is 29.8 Å². The number of alkyl halides is 1. The lowest BCUT2D eigenvalue weighted by atomic mass is 10.1. The Morgan fingerprint density at radius 1 is 1.21 bits per heavy atom. The Hall–Kier alpha value is -0.580. The van der Waals surface area contributed by atoms with Crippen molar-refractivity contribution >= 4 is 27.7 Å². The van der Waals surface area contributed by atoms with Crippen molar-refractivity contribution in [3.63, 3.8) is 0 Å². The average Bonchev–Trinajstić information content (AvgIpc) is 2.10. The molecule has 1 atom stereocenters. The molecule has 0 radical (unpaired) electrons. The van der Waals surface area contributed by atoms with Crippen LogP contribution in [0.15, 0.2) is 0 Å². The molecule has 14 heavy (non-hydrogen) atoms. The first-order valence-electron chi connectivity index (χ1n) is 4.61. The largest absolute Gasteiger partial charge is 0.355 e. The van der Waals surface area contributed by atoms with Crippen LogP contribution < -0.4 is 10.6 Å². The molecule has 0 aromatic rings. The molecule has 0 heterocycles. The number of amides is 2. The normalized spacial score (nSPS) is 12.4. The lowest BCUT2D eigenvalue weighted by Crippen LogP contribution is -2.38. The Bertz CT molecular complexity index is 207. The second-order valence-electron chi connectivity index (χ2n) is 3.42. The number of carbonyl (C=O) groups excluding carboxylic acids is 2. The van der Waals surface area contributed by atoms with Gasteiger partial charge in [0.2, 0.25) is 11.8 Å². The van der Waals surface area contributed by atoms with Crippen molar-refractivity contribution in [1.29, 1.82) is 0 Å². The highest BCUT2D eigenvalue weighted by molar-refractivity contribution is 9.10. The summed E-state index contributed by atoms with van der Waals surface area (Å²) < 4.78 is 0. The molecule has 0 rings (SSSR count). The monoisotopic (exact) mass is 264 g/mol. The fraction of sp³-hybridized carbons (Fsp3) is 0.778. The zero-order valence-electron chi connectivity index (χ0n) is 8.76. The molecule has 2 N–H and O–H groups in total. The first-order chi connectivity index (χ1) is 6.45. The quantitative estimate of drug-likeness (QED) is 0.566. The molecule has 1 unspecified atom stereocenters. The standard InChI is InChI=1S/C9H17BrN2O2/c1-6(2)8(10)9(14)12-5-4-11-7(3)13/h6,8H,4-5H2,1-3H3,(H,11,13)(H,12,14). The van der Waals surface area contributed by atoms with Crippen molar-refractivity contribution in [3.8, 4) is 0 Å². The summed E-state index contributed by atoms with van der Waals surface area (Å²) in [4.78, 5) is 21.7. The Morgan fingerprint density at radius 2 is 1.71 bits per heavy atom. The van der Waals surface area contributed by atoms with E-state index in [1.165, 1.54) is 6.92 Å². The van der Waals surface area contributed by atoms with Gasteiger partial charge in [0.1, 0.15) is 0 Å². The number of rotatable bonds is 5. The number of carbonyl (C=O) groups is 2. The van der Waals surface area contributed by atoms with Gasteiger partial charge in [-0.2, -0.15) is 0 Å². The number of halogens is 1. The van der Waals surface area contributed by atoms with Gasteiger partial charge < -0.3 is 10.6 Å². The Kier molecular flexibility index (Phi) is 6.53. The summed E-state index contributed by atoms with van der Waals surface area (Å²) in [6, 6.07) is 0. The van der Waals surface area contributed by atoms with Gasteiger partial charge in [-0.05, 0) is 5.92 Å². The van der Waals surface area contributed by atoms with E-state index in [9.17, 15) is 9.59 Å². The van der Waals surface area contributed by atoms with E-state index in [0.29, 0.717) is 13.1 Å². The van der Waals surface area contributed by atoms with Crippen molar-refractivity contribution < 1.29 is 9.59 Å². The van der Waals surface area contributed by atoms with Crippen molar-refractivity contribution in [2.24, 2.45) is 5.92 Å². The fourth-order valence-corrected chi connectivity index (χ4v) is 0.986. The molecule has 0 fully saturated rings. The van der Waals surface area contributed by atoms with E-state index in [4.69, 9.17) is 0 Å². The van der Waals surface area contributed by atoms with Crippen molar-refractivity contribution in [3.05, 3.63) is 0 Å². The third-order valence-corrected chi connectivity index (χ3v) is 3.11. The van der Waals surface area contributed by atoms with E-state index in [1.807, 2.05) is 13.8 Å². The smallest absolute Gasteiger partial charge is 0.234 e. The van der Waals surface area contributed by atoms with Crippen LogP contribution in [0.1, 0.15) is 20.8 Å². The topological polar surface area (TPSA) is 58.2 Å². The van der Waals surface area contributed by atoms with Gasteiger partial charge in [0.05, 0.1) is 4.83 Å². The van der Waals surface area contributed by atoms with E-state index in [1.54, 1.807) is 0 Å². The molecule has 0 saturated heterocycles. The Balaban J connectivity index is 3.59. The second-order valence-corrected chi connectivity index (χ2v) is 4.41. The third kappa shape index (κ3) is 5.96. The third-order valence-electron chi connectivity index (χ3n) is 1.63. The van der Waals surface area contributed by atoms with Gasteiger partial charge in [-0.25, -0.2) is 0 Å². The van der Waals surface area contributed by atoms with Crippen LogP contribution >= 0.6 is 15.9 Å². The molecule has 82 valence electrons. The van der Waals surface area contributed by atoms with Crippen LogP contribution in [-0.2, 0) is 9.59 Å². The highest BCUT2D eigenvalue weighted by Gasteiger charge is 2.17. The summed E-state index contributed by atoms with van der Waals surface area (Å²) in [6.45, 7) is 6.31. The van der Waals surface area contributed by atoms with Gasteiger partial charge >= 0.3 is 0 Å². The van der Waals surface area contributed by atoms with Crippen LogP contribution in [0.4, 0.5) is 0 Å². The lowest BCUT2D eigenvalue weighted by molar-refractivity contribution is -0.122. The first kappa shape index (κ1) is 13.4. The van der Waals surface area contributed by atoms with Gasteiger partial charge in [-0.15, -0.1) is 0 Å². The predicted octanol–water partition coefficient (Wildman–Crippen LogP) is 0.658. The van der Waals surface area contributed by atoms with Gasteiger partial charge in [0.15, 0.2) is 0 Å². The number of hydrogen-bond donors (Lipinski definition) is 2. The van der Waals surface area contributed by atoms with Gasteiger partial charge in [0.25, 0.3) is 0 Å². The summed E-state index contributed by atoms with van der Waals surface area (Å²) >= 11 is 3.29. The average molecular weight is 265 g/mol. The fourth-order valence-electron chi connectivity index (χ4n) is 0.824. The second kappa shape index (κ2) is 6.81. The highest BCUT2D eigenvalue weighted by atomic mass is 79.9. The minimum absolute atomic E-state index is 0.0367. The highest BCUT2D eigenvalue weighted by Crippen LogP contribution is 2.11. The van der Waals surface area contributed by atoms with Crippen LogP contribution in [0, 0.1) is 5.92 Å². The predicted molar refractivity (Wildman–Crippen MR) is 59.2 cm³/mol. The SMILES string of the molecule is CC(=O)NCCNC(=O)C(Br)C(C)C. The van der Waals surface area contributed by atoms with E-state index < -0.39 is 0 Å². The summed E-state index contributed by atoms with van der Waals surface area (Å²) in [5.41, 5.74) is 0. The van der Waals surface area contributed by atoms with Crippen molar-refractivity contribution in [2.45, 2.75) is 25.6 Å². The lowest BCUT2D eigenvalue weighted by Gasteiger charge is -2.13. The van der Waals surface area contributed by atoms with Crippen LogP contribution in [0.25, 0.3) is 0 Å². The molecule has 0 aromatic heterocycles. The van der Waals surface area contributed by atoms with Crippen molar-refractivity contribution in [2.75, 3.05) is 13.1 Å². The van der Waals surface area contributed by atoms with E-state index >= 15 is 0 Å². The Labute approximate surface area is 92.9 Å². The van der Waals surface area contributed by atoms with Crippen LogP contribution in [0.2, 0.25) is 0 Å². The Morgan fingerprint density at radius 3 is 2.14 bits per heavy atom. The summed E-state index contributed by atoms with van der Waals surface area (Å²) in [7, 11) is 0. The molecule has 0 aliphatic heterocycles.